The second-order valence-corrected chi connectivity index (χ2v) is 8.07. The lowest BCUT2D eigenvalue weighted by Gasteiger charge is -2.33. The largest absolute Gasteiger partial charge is 0.388 e. The number of aliphatic hydroxyl groups is 1. The molecule has 0 aromatic carbocycles. The Morgan fingerprint density at radius 3 is 2.81 bits per heavy atom. The summed E-state index contributed by atoms with van der Waals surface area (Å²) in [7, 11) is 0. The number of hydrogen-bond donors (Lipinski definition) is 1. The van der Waals surface area contributed by atoms with Crippen molar-refractivity contribution < 1.29 is 9.90 Å². The van der Waals surface area contributed by atoms with Gasteiger partial charge in [-0.05, 0) is 64.0 Å². The highest BCUT2D eigenvalue weighted by Gasteiger charge is 2.39. The molecule has 1 aliphatic carbocycles. The Bertz CT molecular complexity index is 506. The van der Waals surface area contributed by atoms with Crippen molar-refractivity contribution in [1.29, 1.82) is 0 Å². The van der Waals surface area contributed by atoms with Crippen LogP contribution in [-0.2, 0) is 12.8 Å². The molecule has 3 nitrogen and oxygen atoms in total. The molecule has 1 aromatic rings. The molecule has 1 fully saturated rings. The zero-order valence-electron chi connectivity index (χ0n) is 13.0. The monoisotopic (exact) mass is 307 g/mol. The van der Waals surface area contributed by atoms with Crippen molar-refractivity contribution in [2.24, 2.45) is 0 Å². The van der Waals surface area contributed by atoms with Crippen molar-refractivity contribution in [3.63, 3.8) is 0 Å². The Balaban J connectivity index is 1.82. The van der Waals surface area contributed by atoms with Crippen LogP contribution in [0.3, 0.4) is 0 Å². The fraction of sp³-hybridized carbons (Fsp3) is 0.706. The van der Waals surface area contributed by atoms with E-state index in [0.717, 1.165) is 37.1 Å². The smallest absolute Gasteiger partial charge is 0.264 e. The number of likely N-dealkylation sites (tertiary alicyclic amines) is 1. The van der Waals surface area contributed by atoms with E-state index in [2.05, 4.69) is 6.07 Å². The Morgan fingerprint density at radius 2 is 2.05 bits per heavy atom. The third kappa shape index (κ3) is 3.02. The molecule has 116 valence electrons. The van der Waals surface area contributed by atoms with Crippen LogP contribution < -0.4 is 0 Å². The Kier molecular flexibility index (Phi) is 4.10. The fourth-order valence-corrected chi connectivity index (χ4v) is 4.87. The van der Waals surface area contributed by atoms with E-state index in [1.54, 1.807) is 11.3 Å². The first-order valence-electron chi connectivity index (χ1n) is 8.12. The van der Waals surface area contributed by atoms with Crippen molar-refractivity contribution >= 4 is 17.2 Å². The molecule has 1 amide bonds. The molecule has 0 saturated carbocycles. The van der Waals surface area contributed by atoms with Gasteiger partial charge in [-0.3, -0.25) is 4.79 Å². The summed E-state index contributed by atoms with van der Waals surface area (Å²) in [6.45, 7) is 4.40. The number of aryl methyl sites for hydroxylation is 2. The van der Waals surface area contributed by atoms with Crippen LogP contribution in [0.1, 0.15) is 66.1 Å². The average Bonchev–Trinajstić information content (AvgIpc) is 3.00. The van der Waals surface area contributed by atoms with Gasteiger partial charge in [0.25, 0.3) is 5.91 Å². The van der Waals surface area contributed by atoms with Gasteiger partial charge in [0.2, 0.25) is 0 Å². The lowest BCUT2D eigenvalue weighted by molar-refractivity contribution is 0.000518. The van der Waals surface area contributed by atoms with Gasteiger partial charge in [0.15, 0.2) is 0 Å². The van der Waals surface area contributed by atoms with E-state index in [0.29, 0.717) is 0 Å². The molecular weight excluding hydrogens is 282 g/mol. The van der Waals surface area contributed by atoms with Crippen LogP contribution in [0.25, 0.3) is 0 Å². The number of fused-ring (bicyclic) bond motifs is 1. The molecule has 3 rings (SSSR count). The van der Waals surface area contributed by atoms with Gasteiger partial charge in [0.05, 0.1) is 16.5 Å². The minimum absolute atomic E-state index is 0.0492. The van der Waals surface area contributed by atoms with Gasteiger partial charge in [-0.25, -0.2) is 0 Å². The van der Waals surface area contributed by atoms with Crippen molar-refractivity contribution in [2.45, 2.75) is 70.4 Å². The molecule has 1 aliphatic heterocycles. The number of amides is 1. The van der Waals surface area contributed by atoms with Gasteiger partial charge < -0.3 is 10.0 Å². The lowest BCUT2D eigenvalue weighted by Crippen LogP contribution is -2.48. The molecule has 1 saturated heterocycles. The zero-order chi connectivity index (χ0) is 15.0. The summed E-state index contributed by atoms with van der Waals surface area (Å²) in [4.78, 5) is 17.0. The van der Waals surface area contributed by atoms with Gasteiger partial charge in [-0.15, -0.1) is 11.3 Å². The van der Waals surface area contributed by atoms with Crippen LogP contribution in [0, 0.1) is 0 Å². The van der Waals surface area contributed by atoms with Crippen molar-refractivity contribution in [1.82, 2.24) is 4.90 Å². The molecule has 1 N–H and O–H groups in total. The fourth-order valence-electron chi connectivity index (χ4n) is 3.66. The summed E-state index contributed by atoms with van der Waals surface area (Å²) in [6, 6.07) is 2.07. The first kappa shape index (κ1) is 15.0. The lowest BCUT2D eigenvalue weighted by atomic mass is 9.96. The van der Waals surface area contributed by atoms with E-state index in [9.17, 15) is 9.90 Å². The van der Waals surface area contributed by atoms with Crippen molar-refractivity contribution in [2.75, 3.05) is 6.54 Å². The van der Waals surface area contributed by atoms with E-state index in [-0.39, 0.29) is 11.9 Å². The predicted molar refractivity (Wildman–Crippen MR) is 85.9 cm³/mol. The van der Waals surface area contributed by atoms with E-state index in [1.807, 2.05) is 18.7 Å². The first-order valence-corrected chi connectivity index (χ1v) is 8.93. The zero-order valence-corrected chi connectivity index (χ0v) is 13.8. The highest BCUT2D eigenvalue weighted by molar-refractivity contribution is 7.14. The Labute approximate surface area is 131 Å². The minimum atomic E-state index is -0.819. The number of carbonyl (C=O) groups excluding carboxylic acids is 1. The summed E-state index contributed by atoms with van der Waals surface area (Å²) in [5.74, 6) is 0.123. The summed E-state index contributed by atoms with van der Waals surface area (Å²) in [5, 5.41) is 10.3. The summed E-state index contributed by atoms with van der Waals surface area (Å²) >= 11 is 1.68. The van der Waals surface area contributed by atoms with Crippen LogP contribution in [0.15, 0.2) is 6.07 Å². The Morgan fingerprint density at radius 1 is 1.29 bits per heavy atom. The van der Waals surface area contributed by atoms with Gasteiger partial charge in [0, 0.05) is 11.4 Å². The van der Waals surface area contributed by atoms with Gasteiger partial charge in [-0.2, -0.15) is 0 Å². The first-order chi connectivity index (χ1) is 9.97. The molecule has 2 heterocycles. The minimum Gasteiger partial charge on any atom is -0.388 e. The van der Waals surface area contributed by atoms with Gasteiger partial charge in [-0.1, -0.05) is 6.42 Å². The second kappa shape index (κ2) is 5.73. The maximum Gasteiger partial charge on any atom is 0.264 e. The quantitative estimate of drug-likeness (QED) is 0.851. The highest BCUT2D eigenvalue weighted by Crippen LogP contribution is 2.33. The molecule has 4 heteroatoms. The van der Waals surface area contributed by atoms with Crippen molar-refractivity contribution in [3.8, 4) is 0 Å². The molecule has 1 unspecified atom stereocenters. The number of thiophene rings is 1. The Hall–Kier alpha value is -0.870. The molecular formula is C17H25NO2S. The SMILES string of the molecule is CC(C)(O)C1CCCN1C(=O)c1cc2c(s1)CCCCC2. The molecule has 0 radical (unpaired) electrons. The van der Waals surface area contributed by atoms with E-state index in [1.165, 1.54) is 29.7 Å². The van der Waals surface area contributed by atoms with Crippen LogP contribution in [-0.4, -0.2) is 34.1 Å². The van der Waals surface area contributed by atoms with Gasteiger partial charge in [0.1, 0.15) is 0 Å². The van der Waals surface area contributed by atoms with Gasteiger partial charge >= 0.3 is 0 Å². The molecule has 0 bridgehead atoms. The van der Waals surface area contributed by atoms with Crippen molar-refractivity contribution in [3.05, 3.63) is 21.4 Å². The number of rotatable bonds is 2. The standard InChI is InChI=1S/C17H25NO2S/c1-17(2,20)15-9-6-10-18(15)16(19)14-11-12-7-4-3-5-8-13(12)21-14/h11,15,20H,3-10H2,1-2H3. The predicted octanol–water partition coefficient (Wildman–Crippen LogP) is 3.39. The molecule has 21 heavy (non-hydrogen) atoms. The van der Waals surface area contributed by atoms with E-state index in [4.69, 9.17) is 0 Å². The second-order valence-electron chi connectivity index (χ2n) is 6.93. The van der Waals surface area contributed by atoms with Crippen LogP contribution in [0.4, 0.5) is 0 Å². The molecule has 1 aromatic heterocycles. The number of nitrogens with zero attached hydrogens (tertiary/aromatic N) is 1. The van der Waals surface area contributed by atoms with E-state index < -0.39 is 5.60 Å². The number of carbonyl (C=O) groups is 1. The van der Waals surface area contributed by atoms with E-state index >= 15 is 0 Å². The summed E-state index contributed by atoms with van der Waals surface area (Å²) in [5.41, 5.74) is 0.570. The maximum absolute atomic E-state index is 12.8. The normalized spacial score (nSPS) is 23.0. The topological polar surface area (TPSA) is 40.5 Å². The summed E-state index contributed by atoms with van der Waals surface area (Å²) in [6.07, 6.45) is 7.93. The average molecular weight is 307 g/mol. The molecule has 2 aliphatic rings. The summed E-state index contributed by atoms with van der Waals surface area (Å²) < 4.78 is 0. The third-order valence-corrected chi connectivity index (χ3v) is 6.01. The van der Waals surface area contributed by atoms with Crippen LogP contribution >= 0.6 is 11.3 Å². The third-order valence-electron chi connectivity index (χ3n) is 4.79. The van der Waals surface area contributed by atoms with Crippen LogP contribution in [0.5, 0.6) is 0 Å². The van der Waals surface area contributed by atoms with Crippen LogP contribution in [0.2, 0.25) is 0 Å². The number of hydrogen-bond acceptors (Lipinski definition) is 3. The molecule has 1 atom stereocenters. The molecule has 0 spiro atoms. The maximum atomic E-state index is 12.8. The highest BCUT2D eigenvalue weighted by atomic mass is 32.1.